The van der Waals surface area contributed by atoms with Gasteiger partial charge in [0, 0.05) is 6.21 Å². The molecule has 0 spiro atoms. The van der Waals surface area contributed by atoms with E-state index in [4.69, 9.17) is 9.08 Å². The fourth-order valence-corrected chi connectivity index (χ4v) is 9.49. The van der Waals surface area contributed by atoms with Crippen molar-refractivity contribution < 1.29 is 4.43 Å². The van der Waals surface area contributed by atoms with Crippen LogP contribution >= 0.6 is 0 Å². The van der Waals surface area contributed by atoms with Gasteiger partial charge in [-0.1, -0.05) is 55.4 Å². The molecule has 0 heterocycles. The minimum absolute atomic E-state index is 0.163. The Hall–Kier alpha value is 0.0638. The molecule has 1 atom stereocenters. The maximum Gasteiger partial charge on any atom is 0.201 e. The Labute approximate surface area is 136 Å². The second kappa shape index (κ2) is 8.07. The van der Waals surface area contributed by atoms with Gasteiger partial charge in [-0.3, -0.25) is 0 Å². The zero-order chi connectivity index (χ0) is 17.0. The highest BCUT2D eigenvalue weighted by Crippen LogP contribution is 2.43. The maximum absolute atomic E-state index is 6.89. The minimum Gasteiger partial charge on any atom is -0.408 e. The Morgan fingerprint density at radius 3 is 1.38 bits per heavy atom. The first kappa shape index (κ1) is 21.1. The van der Waals surface area contributed by atoms with Crippen molar-refractivity contribution in [1.29, 1.82) is 0 Å². The van der Waals surface area contributed by atoms with Gasteiger partial charge >= 0.3 is 0 Å². The van der Waals surface area contributed by atoms with Gasteiger partial charge in [-0.05, 0) is 42.2 Å². The molecule has 2 nitrogen and oxygen atoms in total. The Balaban J connectivity index is 5.49. The van der Waals surface area contributed by atoms with Crippen LogP contribution in [0.3, 0.4) is 0 Å². The van der Waals surface area contributed by atoms with Crippen LogP contribution in [0, 0.1) is 5.92 Å². The molecule has 0 unspecified atom stereocenters. The molecule has 0 aliphatic carbocycles. The normalized spacial score (nSPS) is 16.0. The second-order valence-corrected chi connectivity index (χ2v) is 18.6. The molecule has 0 radical (unpaired) electrons. The molecule has 0 saturated heterocycles. The molecule has 0 aromatic heterocycles. The molecule has 21 heavy (non-hydrogen) atoms. The fourth-order valence-electron chi connectivity index (χ4n) is 3.28. The topological polar surface area (TPSA) is 21.6 Å². The third-order valence-corrected chi connectivity index (χ3v) is 11.3. The molecular formula is C17H39NOSi2. The Morgan fingerprint density at radius 1 is 0.762 bits per heavy atom. The van der Waals surface area contributed by atoms with Gasteiger partial charge in [-0.2, -0.15) is 0 Å². The molecule has 0 N–H and O–H groups in total. The Morgan fingerprint density at radius 2 is 1.14 bits per heavy atom. The van der Waals surface area contributed by atoms with Crippen molar-refractivity contribution in [3.8, 4) is 0 Å². The van der Waals surface area contributed by atoms with Crippen molar-refractivity contribution in [2.45, 2.75) is 97.8 Å². The summed E-state index contributed by atoms with van der Waals surface area (Å²) >= 11 is 0. The van der Waals surface area contributed by atoms with E-state index in [0.717, 1.165) is 0 Å². The van der Waals surface area contributed by atoms with Crippen molar-refractivity contribution >= 4 is 22.8 Å². The lowest BCUT2D eigenvalue weighted by Gasteiger charge is -2.44. The fraction of sp³-hybridized carbons (Fsp3) is 0.941. The highest BCUT2D eigenvalue weighted by atomic mass is 28.4. The molecular weight excluding hydrogens is 290 g/mol. The molecule has 126 valence electrons. The molecule has 0 aromatic rings. The zero-order valence-electron chi connectivity index (χ0n) is 16.3. The van der Waals surface area contributed by atoms with Gasteiger partial charge in [0.1, 0.15) is 0 Å². The van der Waals surface area contributed by atoms with E-state index >= 15 is 0 Å². The monoisotopic (exact) mass is 329 g/mol. The lowest BCUT2D eigenvalue weighted by Crippen LogP contribution is -2.51. The molecule has 0 amide bonds. The number of nitrogens with zero attached hydrogens (tertiary/aromatic N) is 1. The summed E-state index contributed by atoms with van der Waals surface area (Å²) in [6.07, 6.45) is 2.29. The number of rotatable bonds is 8. The van der Waals surface area contributed by atoms with E-state index < -0.39 is 16.6 Å². The van der Waals surface area contributed by atoms with Crippen LogP contribution in [0.25, 0.3) is 0 Å². The summed E-state index contributed by atoms with van der Waals surface area (Å²) in [5.41, 5.74) is 1.87. The lowest BCUT2D eigenvalue weighted by atomic mass is 10.1. The Bertz CT molecular complexity index is 308. The number of hydrogen-bond donors (Lipinski definition) is 0. The summed E-state index contributed by atoms with van der Waals surface area (Å²) in [6.45, 7) is 25.4. The molecule has 0 fully saturated rings. The van der Waals surface area contributed by atoms with Crippen molar-refractivity contribution in [1.82, 2.24) is 0 Å². The van der Waals surface area contributed by atoms with Gasteiger partial charge in [-0.25, -0.2) is 0 Å². The third kappa shape index (κ3) is 5.99. The van der Waals surface area contributed by atoms with Crippen LogP contribution in [0.1, 0.15) is 55.4 Å². The Kier molecular flexibility index (Phi) is 8.09. The molecule has 4 heteroatoms. The summed E-state index contributed by atoms with van der Waals surface area (Å²) in [7, 11) is -3.24. The van der Waals surface area contributed by atoms with E-state index in [9.17, 15) is 0 Å². The smallest absolute Gasteiger partial charge is 0.201 e. The van der Waals surface area contributed by atoms with Crippen molar-refractivity contribution in [3.05, 3.63) is 0 Å². The standard InChI is InChI=1S/C17H39NOSi2/c1-13(2)17(12-18-20(9,10)11)19-21(14(3)4,15(5)6)16(7)8/h12-17H,1-11H3/b18-12+/t17-/m1/s1. The highest BCUT2D eigenvalue weighted by molar-refractivity contribution is 6.78. The van der Waals surface area contributed by atoms with Crippen LogP contribution in [-0.2, 0) is 4.43 Å². The number of hydrogen-bond acceptors (Lipinski definition) is 2. The van der Waals surface area contributed by atoms with Gasteiger partial charge in [0.05, 0.1) is 6.10 Å². The van der Waals surface area contributed by atoms with Crippen LogP contribution in [0.15, 0.2) is 4.66 Å². The maximum atomic E-state index is 6.89. The van der Waals surface area contributed by atoms with Gasteiger partial charge in [0.2, 0.25) is 8.32 Å². The first-order chi connectivity index (χ1) is 9.34. The highest BCUT2D eigenvalue weighted by Gasteiger charge is 2.46. The first-order valence-electron chi connectivity index (χ1n) is 8.57. The molecule has 0 rings (SSSR count). The summed E-state index contributed by atoms with van der Waals surface area (Å²) < 4.78 is 11.7. The predicted octanol–water partition coefficient (Wildman–Crippen LogP) is 6.11. The van der Waals surface area contributed by atoms with Gasteiger partial charge in [-0.15, -0.1) is 0 Å². The van der Waals surface area contributed by atoms with E-state index in [0.29, 0.717) is 22.5 Å². The van der Waals surface area contributed by atoms with E-state index in [2.05, 4.69) is 81.2 Å². The van der Waals surface area contributed by atoms with Gasteiger partial charge in [0.15, 0.2) is 8.24 Å². The SMILES string of the molecule is CC(C)[C@@H](/C=N/[Si](C)(C)C)O[Si](C(C)C)(C(C)C)C(C)C. The summed E-state index contributed by atoms with van der Waals surface area (Å²) in [4.78, 5) is 0. The quantitative estimate of drug-likeness (QED) is 0.389. The lowest BCUT2D eigenvalue weighted by molar-refractivity contribution is 0.191. The van der Waals surface area contributed by atoms with Crippen molar-refractivity contribution in [3.63, 3.8) is 0 Å². The van der Waals surface area contributed by atoms with Crippen LogP contribution in [-0.4, -0.2) is 28.9 Å². The predicted molar refractivity (Wildman–Crippen MR) is 103 cm³/mol. The average Bonchev–Trinajstić information content (AvgIpc) is 2.25. The van der Waals surface area contributed by atoms with E-state index in [1.807, 2.05) is 0 Å². The van der Waals surface area contributed by atoms with Crippen LogP contribution in [0.4, 0.5) is 0 Å². The molecule has 0 aromatic carbocycles. The zero-order valence-corrected chi connectivity index (χ0v) is 18.3. The summed E-state index contributed by atoms with van der Waals surface area (Å²) in [5.74, 6) is 0.480. The van der Waals surface area contributed by atoms with Crippen LogP contribution in [0.2, 0.25) is 36.3 Å². The first-order valence-corrected chi connectivity index (χ1v) is 14.2. The van der Waals surface area contributed by atoms with Crippen molar-refractivity contribution in [2.75, 3.05) is 0 Å². The molecule has 0 aliphatic rings. The molecule has 0 bridgehead atoms. The average molecular weight is 330 g/mol. The van der Waals surface area contributed by atoms with Crippen LogP contribution in [0.5, 0.6) is 0 Å². The summed E-state index contributed by atoms with van der Waals surface area (Å²) in [6, 6.07) is 0. The van der Waals surface area contributed by atoms with Crippen molar-refractivity contribution in [2.24, 2.45) is 10.6 Å². The minimum atomic E-state index is -1.83. The molecule has 0 saturated carbocycles. The van der Waals surface area contributed by atoms with Gasteiger partial charge in [0.25, 0.3) is 0 Å². The molecule has 0 aliphatic heterocycles. The van der Waals surface area contributed by atoms with E-state index in [1.165, 1.54) is 0 Å². The van der Waals surface area contributed by atoms with E-state index in [-0.39, 0.29) is 6.10 Å². The largest absolute Gasteiger partial charge is 0.408 e. The van der Waals surface area contributed by atoms with E-state index in [1.54, 1.807) is 0 Å². The van der Waals surface area contributed by atoms with Gasteiger partial charge < -0.3 is 9.08 Å². The van der Waals surface area contributed by atoms with Crippen LogP contribution < -0.4 is 0 Å². The second-order valence-electron chi connectivity index (χ2n) is 8.59. The third-order valence-electron chi connectivity index (χ3n) is 4.31. The summed E-state index contributed by atoms with van der Waals surface area (Å²) in [5, 5.41) is 0.